The minimum Gasteiger partial charge on any atom is -0.375 e. The van der Waals surface area contributed by atoms with Gasteiger partial charge in [-0.15, -0.1) is 24.0 Å². The van der Waals surface area contributed by atoms with Gasteiger partial charge in [-0.05, 0) is 17.7 Å². The number of hydrogen-bond acceptors (Lipinski definition) is 4. The zero-order chi connectivity index (χ0) is 13.0. The predicted molar refractivity (Wildman–Crippen MR) is 84.5 cm³/mol. The Bertz CT molecular complexity index is 424. The monoisotopic (exact) mass is 379 g/mol. The maximum atomic E-state index is 12.9. The van der Waals surface area contributed by atoms with E-state index in [-0.39, 0.29) is 35.9 Å². The van der Waals surface area contributed by atoms with Crippen LogP contribution in [0.3, 0.4) is 0 Å². The van der Waals surface area contributed by atoms with Crippen molar-refractivity contribution in [3.8, 4) is 0 Å². The van der Waals surface area contributed by atoms with Gasteiger partial charge in [-0.3, -0.25) is 4.99 Å². The highest BCUT2D eigenvalue weighted by Crippen LogP contribution is 2.16. The van der Waals surface area contributed by atoms with Gasteiger partial charge in [0.15, 0.2) is 5.96 Å². The first-order valence-electron chi connectivity index (χ1n) is 5.98. The summed E-state index contributed by atoms with van der Waals surface area (Å²) in [6.45, 7) is 2.38. The second-order valence-electron chi connectivity index (χ2n) is 4.28. The lowest BCUT2D eigenvalue weighted by atomic mass is 10.1. The van der Waals surface area contributed by atoms with Crippen molar-refractivity contribution in [3.05, 3.63) is 35.6 Å². The molecule has 1 unspecified atom stereocenters. The molecule has 1 aliphatic heterocycles. The Balaban J connectivity index is 0.00000180. The molecule has 106 valence electrons. The van der Waals surface area contributed by atoms with Gasteiger partial charge in [0.05, 0.1) is 12.6 Å². The minimum absolute atomic E-state index is 0. The van der Waals surface area contributed by atoms with E-state index in [4.69, 9.17) is 4.74 Å². The molecule has 1 aliphatic rings. The van der Waals surface area contributed by atoms with Crippen molar-refractivity contribution in [3.63, 3.8) is 0 Å². The molecule has 0 fully saturated rings. The van der Waals surface area contributed by atoms with Crippen LogP contribution in [0.25, 0.3) is 0 Å². The summed E-state index contributed by atoms with van der Waals surface area (Å²) < 4.78 is 18.3. The summed E-state index contributed by atoms with van der Waals surface area (Å²) in [4.78, 5) is 6.41. The van der Waals surface area contributed by atoms with E-state index >= 15 is 0 Å². The van der Waals surface area contributed by atoms with E-state index in [2.05, 4.69) is 15.2 Å². The van der Waals surface area contributed by atoms with Crippen molar-refractivity contribution in [2.45, 2.75) is 6.10 Å². The Kier molecular flexibility index (Phi) is 6.50. The highest BCUT2D eigenvalue weighted by Gasteiger charge is 2.15. The lowest BCUT2D eigenvalue weighted by Gasteiger charge is -2.20. The minimum atomic E-state index is -0.235. The third kappa shape index (κ3) is 4.31. The Morgan fingerprint density at radius 1 is 1.42 bits per heavy atom. The van der Waals surface area contributed by atoms with Crippen molar-refractivity contribution >= 4 is 29.9 Å². The summed E-state index contributed by atoms with van der Waals surface area (Å²) in [6, 6.07) is 6.37. The highest BCUT2D eigenvalue weighted by molar-refractivity contribution is 14.0. The number of guanidine groups is 1. The van der Waals surface area contributed by atoms with Gasteiger partial charge in [0.25, 0.3) is 0 Å². The molecular weight excluding hydrogens is 360 g/mol. The normalized spacial score (nSPS) is 15.7. The Labute approximate surface area is 130 Å². The molecule has 1 aromatic carbocycles. The molecule has 0 radical (unpaired) electrons. The fourth-order valence-corrected chi connectivity index (χ4v) is 1.92. The summed E-state index contributed by atoms with van der Waals surface area (Å²) in [5, 5.41) is 3.25. The smallest absolute Gasteiger partial charge is 0.193 e. The molecule has 1 aromatic rings. The highest BCUT2D eigenvalue weighted by atomic mass is 127. The number of benzene rings is 1. The molecule has 0 amide bonds. The summed E-state index contributed by atoms with van der Waals surface area (Å²) >= 11 is 0. The van der Waals surface area contributed by atoms with E-state index in [0.717, 1.165) is 24.6 Å². The first-order chi connectivity index (χ1) is 8.70. The fourth-order valence-electron chi connectivity index (χ4n) is 1.92. The number of ether oxygens (including phenoxy) is 1. The first kappa shape index (κ1) is 16.2. The second kappa shape index (κ2) is 7.64. The number of nitrogens with one attached hydrogen (secondary N) is 1. The molecule has 0 saturated heterocycles. The van der Waals surface area contributed by atoms with Gasteiger partial charge in [0.2, 0.25) is 0 Å². The molecule has 2 rings (SSSR count). The van der Waals surface area contributed by atoms with Crippen LogP contribution < -0.4 is 5.32 Å². The molecule has 1 heterocycles. The molecule has 0 saturated carbocycles. The third-order valence-corrected chi connectivity index (χ3v) is 3.03. The number of hydrogen-bond donors (Lipinski definition) is 1. The van der Waals surface area contributed by atoms with Crippen molar-refractivity contribution in [1.29, 1.82) is 0 Å². The van der Waals surface area contributed by atoms with Crippen molar-refractivity contribution in [2.24, 2.45) is 4.99 Å². The number of methoxy groups -OCH3 is 1. The number of nitrogens with zero attached hydrogens (tertiary/aromatic N) is 2. The summed E-state index contributed by atoms with van der Waals surface area (Å²) in [5.41, 5.74) is 0.952. The maximum Gasteiger partial charge on any atom is 0.193 e. The van der Waals surface area contributed by atoms with Crippen LogP contribution in [-0.2, 0) is 4.74 Å². The van der Waals surface area contributed by atoms with E-state index in [1.165, 1.54) is 12.1 Å². The largest absolute Gasteiger partial charge is 0.375 e. The fraction of sp³-hybridized carbons (Fsp3) is 0.462. The Hall–Kier alpha value is -0.890. The quantitative estimate of drug-likeness (QED) is 0.814. The summed E-state index contributed by atoms with van der Waals surface area (Å²) in [7, 11) is 3.65. The van der Waals surface area contributed by atoms with Crippen LogP contribution in [0.2, 0.25) is 0 Å². The molecule has 0 spiro atoms. The Morgan fingerprint density at radius 3 is 2.63 bits per heavy atom. The topological polar surface area (TPSA) is 36.9 Å². The van der Waals surface area contributed by atoms with Gasteiger partial charge >= 0.3 is 0 Å². The van der Waals surface area contributed by atoms with Gasteiger partial charge < -0.3 is 15.0 Å². The van der Waals surface area contributed by atoms with E-state index in [0.29, 0.717) is 6.54 Å². The van der Waals surface area contributed by atoms with Crippen LogP contribution in [0.5, 0.6) is 0 Å². The molecule has 1 atom stereocenters. The molecule has 1 N–H and O–H groups in total. The lowest BCUT2D eigenvalue weighted by Crippen LogP contribution is -2.38. The molecule has 0 bridgehead atoms. The summed E-state index contributed by atoms with van der Waals surface area (Å²) in [5.74, 6) is 0.653. The van der Waals surface area contributed by atoms with Gasteiger partial charge in [-0.2, -0.15) is 0 Å². The number of rotatable bonds is 4. The van der Waals surface area contributed by atoms with E-state index < -0.39 is 0 Å². The SMILES string of the molecule is COC(CNC1=NCCN1C)c1ccc(F)cc1.I. The average molecular weight is 379 g/mol. The van der Waals surface area contributed by atoms with Crippen LogP contribution >= 0.6 is 24.0 Å². The number of likely N-dealkylation sites (N-methyl/N-ethyl adjacent to an activating group) is 1. The van der Waals surface area contributed by atoms with E-state index in [9.17, 15) is 4.39 Å². The van der Waals surface area contributed by atoms with Gasteiger partial charge in [-0.1, -0.05) is 12.1 Å². The summed E-state index contributed by atoms with van der Waals surface area (Å²) in [6.07, 6.45) is -0.109. The molecular formula is C13H19FIN3O. The first-order valence-corrected chi connectivity index (χ1v) is 5.98. The molecule has 0 aromatic heterocycles. The van der Waals surface area contributed by atoms with Crippen LogP contribution in [0, 0.1) is 5.82 Å². The van der Waals surface area contributed by atoms with Crippen molar-refractivity contribution in [1.82, 2.24) is 10.2 Å². The number of halogens is 2. The van der Waals surface area contributed by atoms with Gasteiger partial charge in [0.1, 0.15) is 5.82 Å². The molecule has 4 nitrogen and oxygen atoms in total. The van der Waals surface area contributed by atoms with E-state index in [1.54, 1.807) is 19.2 Å². The molecule has 19 heavy (non-hydrogen) atoms. The zero-order valence-electron chi connectivity index (χ0n) is 11.1. The van der Waals surface area contributed by atoms with Crippen molar-refractivity contribution < 1.29 is 9.13 Å². The maximum absolute atomic E-state index is 12.9. The van der Waals surface area contributed by atoms with Crippen LogP contribution in [0.15, 0.2) is 29.3 Å². The molecule has 6 heteroatoms. The standard InChI is InChI=1S/C13H18FN3O.HI/c1-17-8-7-15-13(17)16-9-12(18-2)10-3-5-11(14)6-4-10;/h3-6,12H,7-9H2,1-2H3,(H,15,16);1H. The lowest BCUT2D eigenvalue weighted by molar-refractivity contribution is 0.106. The van der Waals surface area contributed by atoms with Crippen LogP contribution in [-0.4, -0.2) is 44.7 Å². The third-order valence-electron chi connectivity index (χ3n) is 3.03. The van der Waals surface area contributed by atoms with Crippen LogP contribution in [0.4, 0.5) is 4.39 Å². The molecule has 0 aliphatic carbocycles. The van der Waals surface area contributed by atoms with Gasteiger partial charge in [-0.25, -0.2) is 4.39 Å². The van der Waals surface area contributed by atoms with Gasteiger partial charge in [0, 0.05) is 27.2 Å². The van der Waals surface area contributed by atoms with E-state index in [1.807, 2.05) is 7.05 Å². The second-order valence-corrected chi connectivity index (χ2v) is 4.28. The zero-order valence-corrected chi connectivity index (χ0v) is 13.4. The number of aliphatic imine (C=N–C) groups is 1. The average Bonchev–Trinajstić information content (AvgIpc) is 2.78. The Morgan fingerprint density at radius 2 is 2.11 bits per heavy atom. The predicted octanol–water partition coefficient (Wildman–Crippen LogP) is 2.02. The van der Waals surface area contributed by atoms with Crippen molar-refractivity contribution in [2.75, 3.05) is 33.8 Å². The van der Waals surface area contributed by atoms with Crippen LogP contribution in [0.1, 0.15) is 11.7 Å².